The number of nitrogens with zero attached hydrogens (tertiary/aromatic N) is 3. The fraction of sp³-hybridized carbons (Fsp3) is 0.238. The molecule has 0 unspecified atom stereocenters. The lowest BCUT2D eigenvalue weighted by molar-refractivity contribution is -0.384. The van der Waals surface area contributed by atoms with Gasteiger partial charge in [-0.15, -0.1) is 0 Å². The fourth-order valence-corrected chi connectivity index (χ4v) is 3.03. The Morgan fingerprint density at radius 2 is 1.83 bits per heavy atom. The number of hydrogen-bond donors (Lipinski definition) is 2. The highest BCUT2D eigenvalue weighted by Gasteiger charge is 2.11. The highest BCUT2D eigenvalue weighted by molar-refractivity contribution is 5.94. The van der Waals surface area contributed by atoms with Gasteiger partial charge in [0.1, 0.15) is 5.69 Å². The van der Waals surface area contributed by atoms with Gasteiger partial charge in [-0.3, -0.25) is 19.6 Å². The number of para-hydroxylation sites is 2. The van der Waals surface area contributed by atoms with Crippen LogP contribution in [0.25, 0.3) is 0 Å². The second-order valence-corrected chi connectivity index (χ2v) is 6.74. The van der Waals surface area contributed by atoms with Gasteiger partial charge in [-0.1, -0.05) is 24.3 Å². The second kappa shape index (κ2) is 9.01. The first-order chi connectivity index (χ1) is 13.9. The van der Waals surface area contributed by atoms with Crippen molar-refractivity contribution < 1.29 is 9.72 Å². The van der Waals surface area contributed by atoms with Crippen LogP contribution in [0.4, 0.5) is 11.4 Å². The minimum Gasteiger partial charge on any atom is -0.378 e. The molecule has 0 saturated carbocycles. The van der Waals surface area contributed by atoms with Gasteiger partial charge in [-0.2, -0.15) is 5.10 Å². The molecule has 1 amide bonds. The predicted octanol–water partition coefficient (Wildman–Crippen LogP) is 3.30. The third-order valence-corrected chi connectivity index (χ3v) is 4.48. The summed E-state index contributed by atoms with van der Waals surface area (Å²) in [7, 11) is 0. The minimum absolute atomic E-state index is 0.0111. The van der Waals surface area contributed by atoms with Gasteiger partial charge in [-0.25, -0.2) is 0 Å². The number of nitro groups is 1. The standard InChI is InChI=1S/C21H23N5O3/c1-15-13-16(2)25(24-15)14-17-7-9-18(10-8-17)21(27)23-12-11-22-19-5-3-4-6-20(19)26(28)29/h3-10,13,22H,11-12,14H2,1-2H3,(H,23,27). The smallest absolute Gasteiger partial charge is 0.292 e. The van der Waals surface area contributed by atoms with Crippen molar-refractivity contribution >= 4 is 17.3 Å². The van der Waals surface area contributed by atoms with E-state index >= 15 is 0 Å². The van der Waals surface area contributed by atoms with Crippen molar-refractivity contribution in [3.05, 3.63) is 87.2 Å². The average molecular weight is 393 g/mol. The molecule has 0 spiro atoms. The Kier molecular flexibility index (Phi) is 6.23. The van der Waals surface area contributed by atoms with Crippen molar-refractivity contribution in [3.63, 3.8) is 0 Å². The van der Waals surface area contributed by atoms with Gasteiger partial charge < -0.3 is 10.6 Å². The number of amides is 1. The van der Waals surface area contributed by atoms with Gasteiger partial charge in [0.2, 0.25) is 0 Å². The molecule has 1 heterocycles. The van der Waals surface area contributed by atoms with Crippen molar-refractivity contribution in [2.24, 2.45) is 0 Å². The molecule has 150 valence electrons. The van der Waals surface area contributed by atoms with Crippen molar-refractivity contribution in [2.45, 2.75) is 20.4 Å². The van der Waals surface area contributed by atoms with Gasteiger partial charge in [0, 0.05) is 30.4 Å². The van der Waals surface area contributed by atoms with E-state index in [1.807, 2.05) is 36.7 Å². The van der Waals surface area contributed by atoms with Gasteiger partial charge in [0.25, 0.3) is 11.6 Å². The van der Waals surface area contributed by atoms with E-state index in [-0.39, 0.29) is 11.6 Å². The lowest BCUT2D eigenvalue weighted by Gasteiger charge is -2.09. The summed E-state index contributed by atoms with van der Waals surface area (Å²) in [6.45, 7) is 5.36. The molecule has 3 aromatic rings. The summed E-state index contributed by atoms with van der Waals surface area (Å²) in [5.74, 6) is -0.188. The summed E-state index contributed by atoms with van der Waals surface area (Å²) in [5.41, 5.74) is 4.14. The Balaban J connectivity index is 1.50. The molecular formula is C21H23N5O3. The van der Waals surface area contributed by atoms with Gasteiger partial charge in [0.15, 0.2) is 0 Å². The summed E-state index contributed by atoms with van der Waals surface area (Å²) in [6.07, 6.45) is 0. The average Bonchev–Trinajstić information content (AvgIpc) is 3.02. The fourth-order valence-electron chi connectivity index (χ4n) is 3.03. The number of aryl methyl sites for hydroxylation is 2. The predicted molar refractivity (Wildman–Crippen MR) is 111 cm³/mol. The van der Waals surface area contributed by atoms with Crippen LogP contribution in [-0.2, 0) is 6.54 Å². The van der Waals surface area contributed by atoms with E-state index in [0.29, 0.717) is 30.9 Å². The molecule has 0 aliphatic rings. The molecule has 0 aliphatic carbocycles. The normalized spacial score (nSPS) is 10.6. The molecule has 2 aromatic carbocycles. The third-order valence-electron chi connectivity index (χ3n) is 4.48. The largest absolute Gasteiger partial charge is 0.378 e. The summed E-state index contributed by atoms with van der Waals surface area (Å²) in [5, 5.41) is 21.2. The number of carbonyl (C=O) groups is 1. The minimum atomic E-state index is -0.436. The van der Waals surface area contributed by atoms with Crippen molar-refractivity contribution in [3.8, 4) is 0 Å². The van der Waals surface area contributed by atoms with Gasteiger partial charge in [-0.05, 0) is 43.7 Å². The number of benzene rings is 2. The Hall–Kier alpha value is -3.68. The van der Waals surface area contributed by atoms with Crippen LogP contribution in [0.1, 0.15) is 27.3 Å². The number of carbonyl (C=O) groups excluding carboxylic acids is 1. The third kappa shape index (κ3) is 5.19. The summed E-state index contributed by atoms with van der Waals surface area (Å²) < 4.78 is 1.93. The van der Waals surface area contributed by atoms with Gasteiger partial charge >= 0.3 is 0 Å². The first-order valence-corrected chi connectivity index (χ1v) is 9.29. The highest BCUT2D eigenvalue weighted by Crippen LogP contribution is 2.22. The maximum Gasteiger partial charge on any atom is 0.292 e. The molecule has 0 fully saturated rings. The van der Waals surface area contributed by atoms with Crippen LogP contribution >= 0.6 is 0 Å². The molecule has 0 saturated heterocycles. The van der Waals surface area contributed by atoms with E-state index in [1.54, 1.807) is 30.3 Å². The maximum atomic E-state index is 12.3. The lowest BCUT2D eigenvalue weighted by atomic mass is 10.1. The quantitative estimate of drug-likeness (QED) is 0.347. The zero-order valence-corrected chi connectivity index (χ0v) is 16.4. The molecule has 29 heavy (non-hydrogen) atoms. The number of aromatic nitrogens is 2. The monoisotopic (exact) mass is 393 g/mol. The number of nitro benzene ring substituents is 1. The summed E-state index contributed by atoms with van der Waals surface area (Å²) in [6, 6.07) is 15.8. The molecule has 0 radical (unpaired) electrons. The Bertz CT molecular complexity index is 1010. The topological polar surface area (TPSA) is 102 Å². The van der Waals surface area contributed by atoms with Crippen LogP contribution < -0.4 is 10.6 Å². The number of rotatable bonds is 8. The number of hydrogen-bond acceptors (Lipinski definition) is 5. The maximum absolute atomic E-state index is 12.3. The van der Waals surface area contributed by atoms with E-state index in [4.69, 9.17) is 0 Å². The van der Waals surface area contributed by atoms with E-state index in [1.165, 1.54) is 6.07 Å². The van der Waals surface area contributed by atoms with Crippen molar-refractivity contribution in [1.29, 1.82) is 0 Å². The highest BCUT2D eigenvalue weighted by atomic mass is 16.6. The molecule has 0 atom stereocenters. The first kappa shape index (κ1) is 20.1. The molecule has 1 aromatic heterocycles. The lowest BCUT2D eigenvalue weighted by Crippen LogP contribution is -2.28. The Labute approximate surface area is 168 Å². The molecule has 8 heteroatoms. The van der Waals surface area contributed by atoms with Crippen LogP contribution in [0.5, 0.6) is 0 Å². The van der Waals surface area contributed by atoms with Crippen LogP contribution in [0, 0.1) is 24.0 Å². The number of nitrogens with one attached hydrogen (secondary N) is 2. The molecule has 8 nitrogen and oxygen atoms in total. The van der Waals surface area contributed by atoms with Crippen molar-refractivity contribution in [2.75, 3.05) is 18.4 Å². The molecular weight excluding hydrogens is 370 g/mol. The molecule has 0 aliphatic heterocycles. The molecule has 3 rings (SSSR count). The van der Waals surface area contributed by atoms with Gasteiger partial charge in [0.05, 0.1) is 17.2 Å². The Morgan fingerprint density at radius 1 is 1.10 bits per heavy atom. The van der Waals surface area contributed by atoms with Crippen LogP contribution in [0.15, 0.2) is 54.6 Å². The summed E-state index contributed by atoms with van der Waals surface area (Å²) >= 11 is 0. The van der Waals surface area contributed by atoms with E-state index in [2.05, 4.69) is 15.7 Å². The second-order valence-electron chi connectivity index (χ2n) is 6.74. The van der Waals surface area contributed by atoms with Crippen LogP contribution in [-0.4, -0.2) is 33.7 Å². The van der Waals surface area contributed by atoms with E-state index < -0.39 is 4.92 Å². The SMILES string of the molecule is Cc1cc(C)n(Cc2ccc(C(=O)NCCNc3ccccc3[N+](=O)[O-])cc2)n1. The number of anilines is 1. The Morgan fingerprint density at radius 3 is 2.48 bits per heavy atom. The van der Waals surface area contributed by atoms with Crippen LogP contribution in [0.2, 0.25) is 0 Å². The zero-order valence-electron chi connectivity index (χ0n) is 16.4. The molecule has 0 bridgehead atoms. The van der Waals surface area contributed by atoms with E-state index in [0.717, 1.165) is 17.0 Å². The first-order valence-electron chi connectivity index (χ1n) is 9.29. The summed E-state index contributed by atoms with van der Waals surface area (Å²) in [4.78, 5) is 22.9. The molecule has 2 N–H and O–H groups in total. The zero-order chi connectivity index (χ0) is 20.8. The van der Waals surface area contributed by atoms with Crippen molar-refractivity contribution in [1.82, 2.24) is 15.1 Å². The van der Waals surface area contributed by atoms with Crippen LogP contribution in [0.3, 0.4) is 0 Å². The van der Waals surface area contributed by atoms with E-state index in [9.17, 15) is 14.9 Å².